The average Bonchev–Trinajstić information content (AvgIpc) is 2.77. The van der Waals surface area contributed by atoms with Crippen molar-refractivity contribution in [3.8, 4) is 6.07 Å². The van der Waals surface area contributed by atoms with Gasteiger partial charge in [-0.25, -0.2) is 0 Å². The summed E-state index contributed by atoms with van der Waals surface area (Å²) >= 11 is 1.38. The van der Waals surface area contributed by atoms with E-state index in [1.54, 1.807) is 6.07 Å². The minimum absolute atomic E-state index is 0.374. The lowest BCUT2D eigenvalue weighted by Crippen LogP contribution is -1.94. The molecule has 0 saturated heterocycles. The monoisotopic (exact) mass is 231 g/mol. The zero-order chi connectivity index (χ0) is 11.4. The molecule has 0 bridgehead atoms. The summed E-state index contributed by atoms with van der Waals surface area (Å²) < 4.78 is 0. The smallest absolute Gasteiger partial charge is 0.210 e. The van der Waals surface area contributed by atoms with Crippen molar-refractivity contribution in [2.24, 2.45) is 5.73 Å². The number of nitrogens with two attached hydrogens (primary N) is 1. The first kappa shape index (κ1) is 10.5. The third-order valence-corrected chi connectivity index (χ3v) is 2.79. The number of anilines is 2. The lowest BCUT2D eigenvalue weighted by molar-refractivity contribution is 0.960. The third kappa shape index (κ3) is 2.16. The van der Waals surface area contributed by atoms with Gasteiger partial charge < -0.3 is 11.1 Å². The van der Waals surface area contributed by atoms with Crippen LogP contribution < -0.4 is 11.1 Å². The molecule has 2 rings (SSSR count). The van der Waals surface area contributed by atoms with Crippen LogP contribution in [-0.2, 0) is 6.54 Å². The Morgan fingerprint density at radius 1 is 1.38 bits per heavy atom. The lowest BCUT2D eigenvalue weighted by atomic mass is 10.2. The molecule has 3 N–H and O–H groups in total. The summed E-state index contributed by atoms with van der Waals surface area (Å²) in [4.78, 5) is 0. The van der Waals surface area contributed by atoms with E-state index in [0.29, 0.717) is 17.2 Å². The van der Waals surface area contributed by atoms with Gasteiger partial charge >= 0.3 is 0 Å². The van der Waals surface area contributed by atoms with Crippen LogP contribution in [0.1, 0.15) is 10.6 Å². The highest BCUT2D eigenvalue weighted by atomic mass is 32.1. The van der Waals surface area contributed by atoms with Crippen molar-refractivity contribution in [1.29, 1.82) is 5.26 Å². The standard InChI is InChI=1S/C10H9N5S/c11-5-7-3-1-2-4-8(7)13-10-15-14-9(6-12)16-10/h1-4H,6,12H2,(H,13,15). The molecule has 0 aliphatic rings. The summed E-state index contributed by atoms with van der Waals surface area (Å²) in [5.74, 6) is 0. The van der Waals surface area contributed by atoms with Gasteiger partial charge in [0.25, 0.3) is 0 Å². The third-order valence-electron chi connectivity index (χ3n) is 1.93. The highest BCUT2D eigenvalue weighted by Crippen LogP contribution is 2.22. The highest BCUT2D eigenvalue weighted by Gasteiger charge is 2.05. The molecule has 0 spiro atoms. The minimum Gasteiger partial charge on any atom is -0.329 e. The molecule has 0 amide bonds. The predicted molar refractivity (Wildman–Crippen MR) is 62.2 cm³/mol. The zero-order valence-electron chi connectivity index (χ0n) is 8.34. The van der Waals surface area contributed by atoms with Gasteiger partial charge in [0, 0.05) is 6.54 Å². The van der Waals surface area contributed by atoms with Gasteiger partial charge in [-0.15, -0.1) is 10.2 Å². The number of nitriles is 1. The van der Waals surface area contributed by atoms with E-state index in [1.165, 1.54) is 11.3 Å². The Kier molecular flexibility index (Phi) is 3.10. The molecule has 0 fully saturated rings. The Labute approximate surface area is 96.5 Å². The molecule has 1 heterocycles. The Hall–Kier alpha value is -1.97. The second-order valence-corrected chi connectivity index (χ2v) is 4.05. The van der Waals surface area contributed by atoms with Crippen molar-refractivity contribution in [3.63, 3.8) is 0 Å². The van der Waals surface area contributed by atoms with Crippen LogP contribution in [0, 0.1) is 11.3 Å². The van der Waals surface area contributed by atoms with Gasteiger partial charge in [-0.2, -0.15) is 5.26 Å². The lowest BCUT2D eigenvalue weighted by Gasteiger charge is -2.02. The number of hydrogen-bond acceptors (Lipinski definition) is 6. The minimum atomic E-state index is 0.374. The SMILES string of the molecule is N#Cc1ccccc1Nc1nnc(CN)s1. The maximum absolute atomic E-state index is 8.91. The predicted octanol–water partition coefficient (Wildman–Crippen LogP) is 1.61. The summed E-state index contributed by atoms with van der Waals surface area (Å²) in [6, 6.07) is 9.34. The molecule has 1 aromatic carbocycles. The number of hydrogen-bond donors (Lipinski definition) is 2. The number of rotatable bonds is 3. The second kappa shape index (κ2) is 4.70. The fourth-order valence-corrected chi connectivity index (χ4v) is 1.82. The molecule has 5 nitrogen and oxygen atoms in total. The van der Waals surface area contributed by atoms with Gasteiger partial charge in [-0.05, 0) is 12.1 Å². The Morgan fingerprint density at radius 3 is 2.88 bits per heavy atom. The maximum atomic E-state index is 8.91. The average molecular weight is 231 g/mol. The van der Waals surface area contributed by atoms with E-state index < -0.39 is 0 Å². The summed E-state index contributed by atoms with van der Waals surface area (Å²) in [7, 11) is 0. The number of benzene rings is 1. The van der Waals surface area contributed by atoms with Crippen molar-refractivity contribution < 1.29 is 0 Å². The van der Waals surface area contributed by atoms with Gasteiger partial charge in [-0.3, -0.25) is 0 Å². The molecule has 0 aliphatic carbocycles. The highest BCUT2D eigenvalue weighted by molar-refractivity contribution is 7.15. The van der Waals surface area contributed by atoms with E-state index in [9.17, 15) is 0 Å². The first-order valence-corrected chi connectivity index (χ1v) is 5.43. The second-order valence-electron chi connectivity index (χ2n) is 2.99. The normalized spacial score (nSPS) is 9.75. The van der Waals surface area contributed by atoms with Crippen LogP contribution in [-0.4, -0.2) is 10.2 Å². The van der Waals surface area contributed by atoms with Crippen LogP contribution in [0.5, 0.6) is 0 Å². The van der Waals surface area contributed by atoms with E-state index in [4.69, 9.17) is 11.0 Å². The Balaban J connectivity index is 2.24. The number of para-hydroxylation sites is 1. The molecule has 0 saturated carbocycles. The molecule has 0 aliphatic heterocycles. The summed E-state index contributed by atoms with van der Waals surface area (Å²) in [6.07, 6.45) is 0. The first-order valence-electron chi connectivity index (χ1n) is 4.62. The van der Waals surface area contributed by atoms with E-state index in [0.717, 1.165) is 10.7 Å². The van der Waals surface area contributed by atoms with E-state index >= 15 is 0 Å². The Bertz CT molecular complexity index is 528. The van der Waals surface area contributed by atoms with E-state index in [1.807, 2.05) is 18.2 Å². The zero-order valence-corrected chi connectivity index (χ0v) is 9.16. The van der Waals surface area contributed by atoms with Gasteiger partial charge in [0.1, 0.15) is 11.1 Å². The molecule has 0 radical (unpaired) electrons. The molecule has 16 heavy (non-hydrogen) atoms. The number of aromatic nitrogens is 2. The van der Waals surface area contributed by atoms with Crippen LogP contribution in [0.3, 0.4) is 0 Å². The topological polar surface area (TPSA) is 87.6 Å². The quantitative estimate of drug-likeness (QED) is 0.837. The Morgan fingerprint density at radius 2 is 2.19 bits per heavy atom. The molecule has 6 heteroatoms. The fraction of sp³-hybridized carbons (Fsp3) is 0.100. The molecular formula is C10H9N5S. The van der Waals surface area contributed by atoms with Crippen molar-refractivity contribution >= 4 is 22.2 Å². The molecule has 2 aromatic rings. The van der Waals surface area contributed by atoms with Gasteiger partial charge in [0.2, 0.25) is 5.13 Å². The number of nitrogens with one attached hydrogen (secondary N) is 1. The van der Waals surface area contributed by atoms with Crippen LogP contribution in [0.25, 0.3) is 0 Å². The molecule has 0 atom stereocenters. The van der Waals surface area contributed by atoms with Gasteiger partial charge in [-0.1, -0.05) is 23.5 Å². The van der Waals surface area contributed by atoms with Gasteiger partial charge in [0.05, 0.1) is 11.3 Å². The molecule has 80 valence electrons. The fourth-order valence-electron chi connectivity index (χ4n) is 1.19. The van der Waals surface area contributed by atoms with Crippen molar-refractivity contribution in [2.75, 3.05) is 5.32 Å². The summed E-state index contributed by atoms with van der Waals surface area (Å²) in [6.45, 7) is 0.374. The first-order chi connectivity index (χ1) is 7.83. The van der Waals surface area contributed by atoms with Crippen LogP contribution in [0.15, 0.2) is 24.3 Å². The molecule has 1 aromatic heterocycles. The van der Waals surface area contributed by atoms with Crippen LogP contribution in [0.2, 0.25) is 0 Å². The van der Waals surface area contributed by atoms with Gasteiger partial charge in [0.15, 0.2) is 0 Å². The van der Waals surface area contributed by atoms with Crippen molar-refractivity contribution in [1.82, 2.24) is 10.2 Å². The van der Waals surface area contributed by atoms with Crippen molar-refractivity contribution in [2.45, 2.75) is 6.54 Å². The summed E-state index contributed by atoms with van der Waals surface area (Å²) in [5.41, 5.74) is 6.74. The molecule has 0 unspecified atom stereocenters. The molecular weight excluding hydrogens is 222 g/mol. The van der Waals surface area contributed by atoms with E-state index in [2.05, 4.69) is 21.6 Å². The number of nitrogens with zero attached hydrogens (tertiary/aromatic N) is 3. The van der Waals surface area contributed by atoms with E-state index in [-0.39, 0.29) is 0 Å². The van der Waals surface area contributed by atoms with Crippen LogP contribution in [0.4, 0.5) is 10.8 Å². The summed E-state index contributed by atoms with van der Waals surface area (Å²) in [5, 5.41) is 21.2. The van der Waals surface area contributed by atoms with Crippen molar-refractivity contribution in [3.05, 3.63) is 34.8 Å². The maximum Gasteiger partial charge on any atom is 0.210 e. The van der Waals surface area contributed by atoms with Crippen LogP contribution >= 0.6 is 11.3 Å². The largest absolute Gasteiger partial charge is 0.329 e.